The van der Waals surface area contributed by atoms with Gasteiger partial charge in [0.1, 0.15) is 11.1 Å². The van der Waals surface area contributed by atoms with Gasteiger partial charge in [-0.2, -0.15) is 13.2 Å². The summed E-state index contributed by atoms with van der Waals surface area (Å²) in [5, 5.41) is 8.39. The van der Waals surface area contributed by atoms with Gasteiger partial charge in [-0.3, -0.25) is 0 Å². The van der Waals surface area contributed by atoms with Crippen molar-refractivity contribution in [3.8, 4) is 0 Å². The van der Waals surface area contributed by atoms with Crippen LogP contribution >= 0.6 is 0 Å². The van der Waals surface area contributed by atoms with Crippen LogP contribution in [0.2, 0.25) is 0 Å². The van der Waals surface area contributed by atoms with Gasteiger partial charge in [0.15, 0.2) is 0 Å². The third-order valence-electron chi connectivity index (χ3n) is 2.07. The minimum Gasteiger partial charge on any atom is -0.475 e. The molecular formula is C10H5F3O3. The molecule has 0 atom stereocenters. The van der Waals surface area contributed by atoms with E-state index in [4.69, 9.17) is 5.11 Å². The first-order valence-electron chi connectivity index (χ1n) is 4.23. The summed E-state index contributed by atoms with van der Waals surface area (Å²) in [6, 6.07) is 5.32. The summed E-state index contributed by atoms with van der Waals surface area (Å²) >= 11 is 0. The van der Waals surface area contributed by atoms with E-state index in [2.05, 4.69) is 4.42 Å². The Labute approximate surface area is 87.1 Å². The standard InChI is InChI=1S/C10H5F3O3/c11-10(12,13)7-5-3-1-2-4-6(5)16-8(7)9(14)15/h1-4H,(H,14,15). The van der Waals surface area contributed by atoms with Gasteiger partial charge in [0.05, 0.1) is 0 Å². The predicted molar refractivity (Wildman–Crippen MR) is 48.2 cm³/mol. The van der Waals surface area contributed by atoms with Gasteiger partial charge in [0.25, 0.3) is 0 Å². The van der Waals surface area contributed by atoms with E-state index >= 15 is 0 Å². The minimum absolute atomic E-state index is 0.0905. The zero-order chi connectivity index (χ0) is 11.9. The largest absolute Gasteiger partial charge is 0.475 e. The molecular weight excluding hydrogens is 225 g/mol. The Kier molecular flexibility index (Phi) is 2.15. The van der Waals surface area contributed by atoms with E-state index in [-0.39, 0.29) is 11.0 Å². The molecule has 1 aromatic heterocycles. The predicted octanol–water partition coefficient (Wildman–Crippen LogP) is 3.15. The second kappa shape index (κ2) is 3.26. The molecule has 3 nitrogen and oxygen atoms in total. The summed E-state index contributed by atoms with van der Waals surface area (Å²) in [6.07, 6.45) is -4.75. The van der Waals surface area contributed by atoms with Crippen molar-refractivity contribution < 1.29 is 27.5 Å². The Morgan fingerprint density at radius 2 is 1.88 bits per heavy atom. The van der Waals surface area contributed by atoms with E-state index < -0.39 is 23.5 Å². The number of para-hydroxylation sites is 1. The Hall–Kier alpha value is -1.98. The van der Waals surface area contributed by atoms with E-state index in [1.807, 2.05) is 0 Å². The molecule has 0 saturated carbocycles. The lowest BCUT2D eigenvalue weighted by molar-refractivity contribution is -0.137. The van der Waals surface area contributed by atoms with Crippen molar-refractivity contribution in [3.63, 3.8) is 0 Å². The average molecular weight is 230 g/mol. The Morgan fingerprint density at radius 1 is 1.25 bits per heavy atom. The molecule has 0 fully saturated rings. The van der Waals surface area contributed by atoms with Gasteiger partial charge in [-0.25, -0.2) is 4.79 Å². The molecule has 1 N–H and O–H groups in total. The van der Waals surface area contributed by atoms with Crippen molar-refractivity contribution in [2.75, 3.05) is 0 Å². The first kappa shape index (κ1) is 10.5. The monoisotopic (exact) mass is 230 g/mol. The highest BCUT2D eigenvalue weighted by Gasteiger charge is 2.40. The van der Waals surface area contributed by atoms with Gasteiger partial charge in [0.2, 0.25) is 5.76 Å². The summed E-state index contributed by atoms with van der Waals surface area (Å²) in [6.45, 7) is 0. The molecule has 6 heteroatoms. The first-order valence-corrected chi connectivity index (χ1v) is 4.23. The summed E-state index contributed by atoms with van der Waals surface area (Å²) in [5.41, 5.74) is -1.33. The van der Waals surface area contributed by atoms with Crippen LogP contribution in [0, 0.1) is 0 Å². The molecule has 0 amide bonds. The minimum atomic E-state index is -4.75. The normalized spacial score (nSPS) is 11.9. The molecule has 1 heterocycles. The zero-order valence-corrected chi connectivity index (χ0v) is 7.71. The zero-order valence-electron chi connectivity index (χ0n) is 7.71. The third kappa shape index (κ3) is 1.52. The number of benzene rings is 1. The van der Waals surface area contributed by atoms with E-state index in [9.17, 15) is 18.0 Å². The number of carboxylic acids is 1. The van der Waals surface area contributed by atoms with Crippen molar-refractivity contribution in [2.24, 2.45) is 0 Å². The number of furan rings is 1. The SMILES string of the molecule is O=C(O)c1oc2ccccc2c1C(F)(F)F. The highest BCUT2D eigenvalue weighted by atomic mass is 19.4. The van der Waals surface area contributed by atoms with Crippen molar-refractivity contribution in [3.05, 3.63) is 35.6 Å². The molecule has 0 aliphatic heterocycles. The molecule has 2 aromatic rings. The van der Waals surface area contributed by atoms with Gasteiger partial charge >= 0.3 is 12.1 Å². The van der Waals surface area contributed by atoms with Gasteiger partial charge in [-0.05, 0) is 6.07 Å². The molecule has 0 spiro atoms. The van der Waals surface area contributed by atoms with Crippen LogP contribution in [0.5, 0.6) is 0 Å². The molecule has 2 rings (SSSR count). The van der Waals surface area contributed by atoms with Crippen molar-refractivity contribution >= 4 is 16.9 Å². The number of aromatic carboxylic acids is 1. The van der Waals surface area contributed by atoms with Crippen LogP contribution in [0.1, 0.15) is 16.1 Å². The molecule has 16 heavy (non-hydrogen) atoms. The quantitative estimate of drug-likeness (QED) is 0.818. The maximum absolute atomic E-state index is 12.6. The first-order chi connectivity index (χ1) is 7.41. The van der Waals surface area contributed by atoms with E-state index in [0.717, 1.165) is 0 Å². The number of alkyl halides is 3. The number of carbonyl (C=O) groups is 1. The molecule has 0 bridgehead atoms. The Morgan fingerprint density at radius 3 is 2.44 bits per heavy atom. The number of hydrogen-bond acceptors (Lipinski definition) is 2. The van der Waals surface area contributed by atoms with Crippen molar-refractivity contribution in [1.82, 2.24) is 0 Å². The fourth-order valence-electron chi connectivity index (χ4n) is 1.48. The van der Waals surface area contributed by atoms with Gasteiger partial charge in [-0.15, -0.1) is 0 Å². The van der Waals surface area contributed by atoms with E-state index in [1.54, 1.807) is 0 Å². The lowest BCUT2D eigenvalue weighted by atomic mass is 10.1. The van der Waals surface area contributed by atoms with Gasteiger partial charge in [0, 0.05) is 5.39 Å². The maximum Gasteiger partial charge on any atom is 0.420 e. The van der Waals surface area contributed by atoms with E-state index in [0.29, 0.717) is 0 Å². The van der Waals surface area contributed by atoms with Crippen LogP contribution in [0.25, 0.3) is 11.0 Å². The Bertz CT molecular complexity index is 554. The van der Waals surface area contributed by atoms with Crippen LogP contribution in [0.4, 0.5) is 13.2 Å². The number of halogens is 3. The second-order valence-electron chi connectivity index (χ2n) is 3.11. The van der Waals surface area contributed by atoms with Crippen molar-refractivity contribution in [1.29, 1.82) is 0 Å². The molecule has 0 radical (unpaired) electrons. The van der Waals surface area contributed by atoms with E-state index in [1.165, 1.54) is 24.3 Å². The summed E-state index contributed by atoms with van der Waals surface area (Å²) in [5.74, 6) is -2.81. The third-order valence-corrected chi connectivity index (χ3v) is 2.07. The lowest BCUT2D eigenvalue weighted by Gasteiger charge is -2.04. The Balaban J connectivity index is 2.85. The highest BCUT2D eigenvalue weighted by molar-refractivity contribution is 5.95. The fraction of sp³-hybridized carbons (Fsp3) is 0.100. The lowest BCUT2D eigenvalue weighted by Crippen LogP contribution is -2.10. The van der Waals surface area contributed by atoms with Crippen molar-refractivity contribution in [2.45, 2.75) is 6.18 Å². The maximum atomic E-state index is 12.6. The number of carboxylic acid groups (broad SMARTS) is 1. The van der Waals surface area contributed by atoms with Crippen LogP contribution in [0.15, 0.2) is 28.7 Å². The topological polar surface area (TPSA) is 50.4 Å². The second-order valence-corrected chi connectivity index (χ2v) is 3.11. The average Bonchev–Trinajstić information content (AvgIpc) is 2.55. The molecule has 0 aliphatic carbocycles. The summed E-state index contributed by atoms with van der Waals surface area (Å²) < 4.78 is 42.6. The molecule has 0 unspecified atom stereocenters. The molecule has 0 saturated heterocycles. The van der Waals surface area contributed by atoms with Gasteiger partial charge < -0.3 is 9.52 Å². The van der Waals surface area contributed by atoms with Crippen LogP contribution in [-0.4, -0.2) is 11.1 Å². The summed E-state index contributed by atoms with van der Waals surface area (Å²) in [7, 11) is 0. The summed E-state index contributed by atoms with van der Waals surface area (Å²) in [4.78, 5) is 10.6. The number of hydrogen-bond donors (Lipinski definition) is 1. The van der Waals surface area contributed by atoms with Crippen LogP contribution in [-0.2, 0) is 6.18 Å². The molecule has 0 aliphatic rings. The highest BCUT2D eigenvalue weighted by Crippen LogP contribution is 2.39. The number of fused-ring (bicyclic) bond motifs is 1. The number of rotatable bonds is 1. The van der Waals surface area contributed by atoms with Crippen LogP contribution in [0.3, 0.4) is 0 Å². The van der Waals surface area contributed by atoms with Gasteiger partial charge in [-0.1, -0.05) is 18.2 Å². The smallest absolute Gasteiger partial charge is 0.420 e. The molecule has 1 aromatic carbocycles. The van der Waals surface area contributed by atoms with Crippen LogP contribution < -0.4 is 0 Å². The fourth-order valence-corrected chi connectivity index (χ4v) is 1.48. The molecule has 84 valence electrons.